The van der Waals surface area contributed by atoms with Gasteiger partial charge in [-0.15, -0.1) is 0 Å². The van der Waals surface area contributed by atoms with E-state index in [9.17, 15) is 0 Å². The number of aromatic nitrogens is 6. The van der Waals surface area contributed by atoms with Crippen molar-refractivity contribution in [3.63, 3.8) is 0 Å². The number of para-hydroxylation sites is 1. The molecule has 0 spiro atoms. The van der Waals surface area contributed by atoms with E-state index < -0.39 is 0 Å². The van der Waals surface area contributed by atoms with E-state index >= 15 is 0 Å². The topological polar surface area (TPSA) is 64.3 Å². The summed E-state index contributed by atoms with van der Waals surface area (Å²) in [6.45, 7) is 7.04. The van der Waals surface area contributed by atoms with Gasteiger partial charge in [0.1, 0.15) is 0 Å². The number of imidazole rings is 1. The van der Waals surface area contributed by atoms with Crippen LogP contribution in [0.1, 0.15) is 42.0 Å². The second-order valence-corrected chi connectivity index (χ2v) is 8.47. The summed E-state index contributed by atoms with van der Waals surface area (Å²) in [4.78, 5) is 9.78. The quantitative estimate of drug-likeness (QED) is 0.337. The van der Waals surface area contributed by atoms with Crippen LogP contribution in [0, 0.1) is 24.6 Å². The van der Waals surface area contributed by atoms with Crippen molar-refractivity contribution in [2.75, 3.05) is 0 Å². The van der Waals surface area contributed by atoms with E-state index in [0.29, 0.717) is 0 Å². The van der Waals surface area contributed by atoms with Crippen LogP contribution in [-0.2, 0) is 32.3 Å². The van der Waals surface area contributed by atoms with Gasteiger partial charge in [0, 0.05) is 0 Å². The molecule has 0 aliphatic heterocycles. The Bertz CT molecular complexity index is 1190. The van der Waals surface area contributed by atoms with E-state index in [1.165, 1.54) is 0 Å². The minimum absolute atomic E-state index is 0.927. The minimum atomic E-state index is 0.927. The van der Waals surface area contributed by atoms with Crippen LogP contribution in [-0.4, -0.2) is 29.3 Å². The second-order valence-electron chi connectivity index (χ2n) is 7.46. The van der Waals surface area contributed by atoms with Crippen molar-refractivity contribution in [1.29, 1.82) is 0 Å². The molecule has 3 aromatic heterocycles. The maximum absolute atomic E-state index is 4.89. The van der Waals surface area contributed by atoms with Gasteiger partial charge in [0.05, 0.1) is 0 Å². The van der Waals surface area contributed by atoms with Crippen LogP contribution in [0.15, 0.2) is 36.4 Å². The van der Waals surface area contributed by atoms with Crippen molar-refractivity contribution < 1.29 is 19.4 Å². The van der Waals surface area contributed by atoms with Crippen LogP contribution in [0.5, 0.6) is 0 Å². The van der Waals surface area contributed by atoms with E-state index in [1.807, 2.05) is 26.8 Å². The zero-order chi connectivity index (χ0) is 20.4. The van der Waals surface area contributed by atoms with Crippen LogP contribution in [0.3, 0.4) is 0 Å². The van der Waals surface area contributed by atoms with E-state index in [0.717, 1.165) is 75.8 Å². The summed E-state index contributed by atoms with van der Waals surface area (Å²) in [7, 11) is 0. The fourth-order valence-corrected chi connectivity index (χ4v) is 4.57. The maximum atomic E-state index is 4.89. The number of aromatic amines is 1. The van der Waals surface area contributed by atoms with Gasteiger partial charge in [0.2, 0.25) is 0 Å². The Balaban J connectivity index is 1.58. The Kier molecular flexibility index (Phi) is 5.91. The molecule has 7 heteroatoms. The number of unbranched alkanes of at least 4 members (excludes halogenated alkanes) is 2. The van der Waals surface area contributed by atoms with Gasteiger partial charge in [0.15, 0.2) is 0 Å². The molecule has 29 heavy (non-hydrogen) atoms. The fraction of sp³-hybridized carbons (Fsp3) is 0.364. The summed E-state index contributed by atoms with van der Waals surface area (Å²) in [6, 6.07) is 12.5. The van der Waals surface area contributed by atoms with Gasteiger partial charge in [0.25, 0.3) is 0 Å². The molecule has 6 nitrogen and oxygen atoms in total. The van der Waals surface area contributed by atoms with Crippen LogP contribution in [0.25, 0.3) is 17.0 Å². The van der Waals surface area contributed by atoms with Gasteiger partial charge in [-0.3, -0.25) is 0 Å². The number of nitrogens with zero attached hydrogens (tertiary/aromatic N) is 5. The van der Waals surface area contributed by atoms with Gasteiger partial charge < -0.3 is 0 Å². The normalized spacial score (nSPS) is 11.5. The van der Waals surface area contributed by atoms with Crippen LogP contribution in [0.4, 0.5) is 0 Å². The molecule has 154 valence electrons. The summed E-state index contributed by atoms with van der Waals surface area (Å²) < 4.78 is 5.66. The molecule has 0 aliphatic rings. The summed E-state index contributed by atoms with van der Waals surface area (Å²) in [6.07, 6.45) is 4.43. The first-order chi connectivity index (χ1) is 14.0. The van der Waals surface area contributed by atoms with E-state index in [1.54, 1.807) is 0 Å². The van der Waals surface area contributed by atoms with E-state index in [2.05, 4.69) is 69.0 Å². The molecular formula is C22H26N6Pt. The third-order valence-corrected chi connectivity index (χ3v) is 6.32. The Hall–Kier alpha value is -2.33. The van der Waals surface area contributed by atoms with Gasteiger partial charge in [-0.05, 0) is 0 Å². The standard InChI is InChI=1S/C22H26N6.Pt/c1-16-14-19(26-25-16)10-6-5-9-13-27-15-28(20-11-7-4-8-12-20)22-21(27)23-17(2)18(3)24-22;/h4,7-8,11-12,14H,5-6,9-10,13H2,1-3H3,(H,25,26);. The zero-order valence-corrected chi connectivity index (χ0v) is 19.3. The van der Waals surface area contributed by atoms with Gasteiger partial charge in [-0.25, -0.2) is 0 Å². The van der Waals surface area contributed by atoms with Crippen LogP contribution < -0.4 is 0 Å². The number of hydrogen-bond donors (Lipinski definition) is 1. The molecule has 0 aliphatic carbocycles. The Morgan fingerprint density at radius 3 is 2.34 bits per heavy atom. The van der Waals surface area contributed by atoms with E-state index in [-0.39, 0.29) is 0 Å². The fourth-order valence-electron chi connectivity index (χ4n) is 3.54. The molecule has 0 saturated carbocycles. The van der Waals surface area contributed by atoms with Crippen LogP contribution in [0.2, 0.25) is 0 Å². The zero-order valence-electron chi connectivity index (χ0n) is 17.1. The number of fused-ring (bicyclic) bond motifs is 1. The molecule has 4 aromatic rings. The predicted molar refractivity (Wildman–Crippen MR) is 110 cm³/mol. The first kappa shape index (κ1) is 20.0. The Labute approximate surface area is 181 Å². The monoisotopic (exact) mass is 569 g/mol. The van der Waals surface area contributed by atoms with Crippen molar-refractivity contribution in [1.82, 2.24) is 29.3 Å². The average molecular weight is 570 g/mol. The molecule has 0 atom stereocenters. The third-order valence-electron chi connectivity index (χ3n) is 5.20. The Morgan fingerprint density at radius 2 is 1.66 bits per heavy atom. The summed E-state index contributed by atoms with van der Waals surface area (Å²) >= 11 is 2.41. The van der Waals surface area contributed by atoms with Gasteiger partial charge in [-0.2, -0.15) is 0 Å². The van der Waals surface area contributed by atoms with Gasteiger partial charge in [-0.1, -0.05) is 0 Å². The molecule has 0 saturated heterocycles. The average Bonchev–Trinajstić information content (AvgIpc) is 3.24. The predicted octanol–water partition coefficient (Wildman–Crippen LogP) is 4.36. The molecular weight excluding hydrogens is 543 g/mol. The van der Waals surface area contributed by atoms with Crippen molar-refractivity contribution in [3.05, 3.63) is 63.0 Å². The first-order valence-corrected chi connectivity index (χ1v) is 11.2. The SMILES string of the molecule is Cc1cc(CCCCCn2[c](=[Pt])n(-c3ccccc3)c3nc(C)c(C)nc32)n[nH]1. The molecule has 0 bridgehead atoms. The van der Waals surface area contributed by atoms with Gasteiger partial charge >= 0.3 is 182 Å². The second kappa shape index (κ2) is 8.58. The molecule has 0 fully saturated rings. The Morgan fingerprint density at radius 1 is 0.931 bits per heavy atom. The number of rotatable bonds is 7. The van der Waals surface area contributed by atoms with Crippen molar-refractivity contribution in [2.24, 2.45) is 0 Å². The van der Waals surface area contributed by atoms with Crippen molar-refractivity contribution in [2.45, 2.75) is 53.0 Å². The van der Waals surface area contributed by atoms with E-state index in [4.69, 9.17) is 9.97 Å². The number of H-pyrrole nitrogens is 1. The van der Waals surface area contributed by atoms with Crippen molar-refractivity contribution in [3.8, 4) is 5.69 Å². The molecule has 0 unspecified atom stereocenters. The number of hydrogen-bond acceptors (Lipinski definition) is 3. The van der Waals surface area contributed by atoms with Crippen LogP contribution >= 0.6 is 0 Å². The third kappa shape index (κ3) is 4.18. The molecule has 0 radical (unpaired) electrons. The summed E-state index contributed by atoms with van der Waals surface area (Å²) in [5, 5.41) is 7.35. The first-order valence-electron chi connectivity index (χ1n) is 10.0. The molecule has 1 N–H and O–H groups in total. The van der Waals surface area contributed by atoms with Crippen molar-refractivity contribution >= 4 is 11.3 Å². The molecule has 1 aromatic carbocycles. The number of aryl methyl sites for hydroxylation is 5. The number of nitrogens with one attached hydrogen (secondary N) is 1. The molecule has 0 amide bonds. The summed E-state index contributed by atoms with van der Waals surface area (Å²) in [5.74, 6) is 0. The summed E-state index contributed by atoms with van der Waals surface area (Å²) in [5.41, 5.74) is 7.26. The molecule has 4 rings (SSSR count). The number of benzene rings is 1. The molecule has 3 heterocycles.